The molecule has 0 amide bonds. The molecule has 1 aromatic rings. The first-order valence-corrected chi connectivity index (χ1v) is 8.51. The van der Waals surface area contributed by atoms with Crippen molar-refractivity contribution in [2.75, 3.05) is 0 Å². The van der Waals surface area contributed by atoms with Crippen LogP contribution in [-0.2, 0) is 6.42 Å². The van der Waals surface area contributed by atoms with Crippen LogP contribution in [0.5, 0.6) is 0 Å². The minimum atomic E-state index is 0.458. The lowest BCUT2D eigenvalue weighted by molar-refractivity contribution is 0.153. The van der Waals surface area contributed by atoms with E-state index in [9.17, 15) is 0 Å². The molecule has 1 N–H and O–H groups in total. The minimum absolute atomic E-state index is 0.458. The summed E-state index contributed by atoms with van der Waals surface area (Å²) in [6.45, 7) is 4.90. The molecule has 110 valence electrons. The summed E-state index contributed by atoms with van der Waals surface area (Å²) in [5.41, 5.74) is 3.61. The van der Waals surface area contributed by atoms with Crippen molar-refractivity contribution in [1.29, 1.82) is 0 Å². The molecule has 1 saturated carbocycles. The molecule has 0 aromatic heterocycles. The topological polar surface area (TPSA) is 12.0 Å². The molecule has 20 heavy (non-hydrogen) atoms. The van der Waals surface area contributed by atoms with E-state index in [0.29, 0.717) is 17.5 Å². The normalized spacial score (nSPS) is 29.5. The van der Waals surface area contributed by atoms with Crippen LogP contribution >= 0.6 is 0 Å². The van der Waals surface area contributed by atoms with Gasteiger partial charge in [0, 0.05) is 12.1 Å². The molecule has 3 rings (SSSR count). The van der Waals surface area contributed by atoms with E-state index in [0.717, 1.165) is 0 Å². The van der Waals surface area contributed by atoms with Gasteiger partial charge in [-0.3, -0.25) is 0 Å². The molecule has 1 fully saturated rings. The Labute approximate surface area is 124 Å². The lowest BCUT2D eigenvalue weighted by Crippen LogP contribution is -2.45. The van der Waals surface area contributed by atoms with Crippen molar-refractivity contribution in [2.24, 2.45) is 5.41 Å². The fourth-order valence-electron chi connectivity index (χ4n) is 4.14. The van der Waals surface area contributed by atoms with Gasteiger partial charge in [0.05, 0.1) is 0 Å². The number of hydrogen-bond donors (Lipinski definition) is 1. The lowest BCUT2D eigenvalue weighted by atomic mass is 9.73. The third-order valence-electron chi connectivity index (χ3n) is 5.53. The second kappa shape index (κ2) is 5.89. The standard InChI is InChI=1S/C19H29N/c1-19(2)14-8-7-13-18(19)20-17-12-6-4-10-15-9-3-5-11-16(15)17/h3,5,9,11,17-18,20H,4,6-8,10,12-14H2,1-2H3. The molecule has 0 heterocycles. The van der Waals surface area contributed by atoms with Crippen LogP contribution < -0.4 is 5.32 Å². The van der Waals surface area contributed by atoms with Crippen molar-refractivity contribution in [1.82, 2.24) is 5.32 Å². The molecule has 2 unspecified atom stereocenters. The van der Waals surface area contributed by atoms with Gasteiger partial charge in [-0.05, 0) is 48.6 Å². The molecule has 0 saturated heterocycles. The van der Waals surface area contributed by atoms with E-state index in [1.807, 2.05) is 0 Å². The van der Waals surface area contributed by atoms with Crippen molar-refractivity contribution in [3.63, 3.8) is 0 Å². The maximum atomic E-state index is 4.04. The van der Waals surface area contributed by atoms with Crippen molar-refractivity contribution >= 4 is 0 Å². The number of rotatable bonds is 2. The molecule has 0 bridgehead atoms. The molecule has 2 atom stereocenters. The van der Waals surface area contributed by atoms with E-state index in [1.165, 1.54) is 51.4 Å². The average molecular weight is 271 g/mol. The summed E-state index contributed by atoms with van der Waals surface area (Å²) in [7, 11) is 0. The Morgan fingerprint density at radius 3 is 2.65 bits per heavy atom. The van der Waals surface area contributed by atoms with Gasteiger partial charge in [0.25, 0.3) is 0 Å². The first kappa shape index (κ1) is 14.1. The second-order valence-corrected chi connectivity index (χ2v) is 7.45. The molecular formula is C19H29N. The highest BCUT2D eigenvalue weighted by atomic mass is 15.0. The van der Waals surface area contributed by atoms with Gasteiger partial charge < -0.3 is 5.32 Å². The van der Waals surface area contributed by atoms with Crippen molar-refractivity contribution in [3.05, 3.63) is 35.4 Å². The van der Waals surface area contributed by atoms with Gasteiger partial charge in [-0.1, -0.05) is 57.4 Å². The summed E-state index contributed by atoms with van der Waals surface area (Å²) in [5.74, 6) is 0. The zero-order valence-electron chi connectivity index (χ0n) is 13.1. The summed E-state index contributed by atoms with van der Waals surface area (Å²) in [6.07, 6.45) is 10.8. The first-order valence-electron chi connectivity index (χ1n) is 8.51. The van der Waals surface area contributed by atoms with Crippen LogP contribution in [0.3, 0.4) is 0 Å². The minimum Gasteiger partial charge on any atom is -0.307 e. The maximum absolute atomic E-state index is 4.04. The maximum Gasteiger partial charge on any atom is 0.0325 e. The van der Waals surface area contributed by atoms with Crippen LogP contribution in [0, 0.1) is 5.41 Å². The first-order chi connectivity index (χ1) is 9.67. The molecule has 1 aromatic carbocycles. The van der Waals surface area contributed by atoms with Gasteiger partial charge in [0.1, 0.15) is 0 Å². The van der Waals surface area contributed by atoms with E-state index < -0.39 is 0 Å². The molecular weight excluding hydrogens is 242 g/mol. The molecule has 1 heteroatoms. The van der Waals surface area contributed by atoms with Gasteiger partial charge >= 0.3 is 0 Å². The third kappa shape index (κ3) is 2.93. The molecule has 0 radical (unpaired) electrons. The van der Waals surface area contributed by atoms with E-state index in [2.05, 4.69) is 43.4 Å². The Hall–Kier alpha value is -0.820. The monoisotopic (exact) mass is 271 g/mol. The van der Waals surface area contributed by atoms with Crippen LogP contribution in [0.1, 0.15) is 76.0 Å². The smallest absolute Gasteiger partial charge is 0.0325 e. The molecule has 2 aliphatic carbocycles. The summed E-state index contributed by atoms with van der Waals surface area (Å²) in [4.78, 5) is 0. The molecule has 0 aliphatic heterocycles. The number of benzene rings is 1. The Kier molecular flexibility index (Phi) is 4.16. The highest BCUT2D eigenvalue weighted by Gasteiger charge is 2.34. The van der Waals surface area contributed by atoms with Gasteiger partial charge in [-0.2, -0.15) is 0 Å². The molecule has 0 spiro atoms. The van der Waals surface area contributed by atoms with Crippen LogP contribution in [-0.4, -0.2) is 6.04 Å². The summed E-state index contributed by atoms with van der Waals surface area (Å²) >= 11 is 0. The van der Waals surface area contributed by atoms with Gasteiger partial charge in [0.15, 0.2) is 0 Å². The highest BCUT2D eigenvalue weighted by Crippen LogP contribution is 2.38. The second-order valence-electron chi connectivity index (χ2n) is 7.45. The average Bonchev–Trinajstić information content (AvgIpc) is 2.64. The van der Waals surface area contributed by atoms with Crippen molar-refractivity contribution in [2.45, 2.75) is 77.3 Å². The van der Waals surface area contributed by atoms with E-state index in [1.54, 1.807) is 11.1 Å². The van der Waals surface area contributed by atoms with E-state index in [4.69, 9.17) is 0 Å². The van der Waals surface area contributed by atoms with Gasteiger partial charge in [-0.25, -0.2) is 0 Å². The highest BCUT2D eigenvalue weighted by molar-refractivity contribution is 5.31. The number of fused-ring (bicyclic) bond motifs is 1. The summed E-state index contributed by atoms with van der Waals surface area (Å²) in [6, 6.07) is 10.4. The predicted octanol–water partition coefficient (Wildman–Crippen LogP) is 5.01. The molecule has 2 aliphatic rings. The van der Waals surface area contributed by atoms with Crippen molar-refractivity contribution in [3.8, 4) is 0 Å². The Morgan fingerprint density at radius 2 is 1.80 bits per heavy atom. The van der Waals surface area contributed by atoms with Crippen LogP contribution in [0.25, 0.3) is 0 Å². The third-order valence-corrected chi connectivity index (χ3v) is 5.53. The van der Waals surface area contributed by atoms with E-state index in [-0.39, 0.29) is 0 Å². The SMILES string of the molecule is CC1(C)CCCCC1NC1CCCCc2ccccc21. The Morgan fingerprint density at radius 1 is 1.00 bits per heavy atom. The quantitative estimate of drug-likeness (QED) is 0.745. The van der Waals surface area contributed by atoms with Gasteiger partial charge in [0.2, 0.25) is 0 Å². The largest absolute Gasteiger partial charge is 0.307 e. The van der Waals surface area contributed by atoms with Gasteiger partial charge in [-0.15, -0.1) is 0 Å². The predicted molar refractivity (Wildman–Crippen MR) is 85.9 cm³/mol. The fraction of sp³-hybridized carbons (Fsp3) is 0.684. The lowest BCUT2D eigenvalue weighted by Gasteiger charge is -2.41. The number of nitrogens with one attached hydrogen (secondary N) is 1. The summed E-state index contributed by atoms with van der Waals surface area (Å²) in [5, 5.41) is 4.04. The molecule has 1 nitrogen and oxygen atoms in total. The zero-order valence-corrected chi connectivity index (χ0v) is 13.1. The van der Waals surface area contributed by atoms with Crippen LogP contribution in [0.15, 0.2) is 24.3 Å². The zero-order chi connectivity index (χ0) is 14.0. The Balaban J connectivity index is 1.80. The fourth-order valence-corrected chi connectivity index (χ4v) is 4.14. The number of hydrogen-bond acceptors (Lipinski definition) is 1. The van der Waals surface area contributed by atoms with Crippen molar-refractivity contribution < 1.29 is 0 Å². The van der Waals surface area contributed by atoms with Crippen LogP contribution in [0.4, 0.5) is 0 Å². The van der Waals surface area contributed by atoms with E-state index >= 15 is 0 Å². The number of aryl methyl sites for hydroxylation is 1. The summed E-state index contributed by atoms with van der Waals surface area (Å²) < 4.78 is 0. The van der Waals surface area contributed by atoms with Crippen LogP contribution in [0.2, 0.25) is 0 Å². The Bertz CT molecular complexity index is 449.